The van der Waals surface area contributed by atoms with Crippen LogP contribution in [0.2, 0.25) is 0 Å². The molecule has 2 bridgehead atoms. The number of rotatable bonds is 7. The Morgan fingerprint density at radius 1 is 1.11 bits per heavy atom. The third kappa shape index (κ3) is 4.39. The van der Waals surface area contributed by atoms with Gasteiger partial charge in [-0.15, -0.1) is 0 Å². The van der Waals surface area contributed by atoms with Gasteiger partial charge < -0.3 is 24.3 Å². The number of methoxy groups -OCH3 is 2. The van der Waals surface area contributed by atoms with Gasteiger partial charge in [0.25, 0.3) is 5.56 Å². The van der Waals surface area contributed by atoms with Crippen LogP contribution in [0, 0.1) is 5.92 Å². The van der Waals surface area contributed by atoms with E-state index < -0.39 is 0 Å². The van der Waals surface area contributed by atoms with E-state index in [-0.39, 0.29) is 35.6 Å². The van der Waals surface area contributed by atoms with Crippen molar-refractivity contribution >= 4 is 17.5 Å². The van der Waals surface area contributed by atoms with Crippen LogP contribution in [-0.4, -0.2) is 61.8 Å². The quantitative estimate of drug-likeness (QED) is 0.759. The zero-order valence-corrected chi connectivity index (χ0v) is 15.9. The first kappa shape index (κ1) is 19.6. The van der Waals surface area contributed by atoms with E-state index >= 15 is 0 Å². The molecule has 1 fully saturated rings. The number of nitrogens with zero attached hydrogens (tertiary/aromatic N) is 2. The Kier molecular flexibility index (Phi) is 6.28. The number of ether oxygens (including phenoxy) is 2. The zero-order valence-electron chi connectivity index (χ0n) is 15.9. The fourth-order valence-corrected chi connectivity index (χ4v) is 4.00. The topological polar surface area (TPSA) is 89.9 Å². The number of hydrogen-bond donors (Lipinski definition) is 1. The highest BCUT2D eigenvalue weighted by Gasteiger charge is 2.36. The first-order chi connectivity index (χ1) is 13.0. The van der Waals surface area contributed by atoms with Gasteiger partial charge in [-0.1, -0.05) is 0 Å². The molecule has 0 aliphatic carbocycles. The summed E-state index contributed by atoms with van der Waals surface area (Å²) in [4.78, 5) is 39.0. The van der Waals surface area contributed by atoms with Gasteiger partial charge in [-0.05, 0) is 24.5 Å². The monoisotopic (exact) mass is 377 g/mol. The number of carbonyl (C=O) groups is 2. The molecule has 0 saturated carbocycles. The fraction of sp³-hybridized carbons (Fsp3) is 0.632. The largest absolute Gasteiger partial charge is 0.384 e. The number of fused-ring (bicyclic) bond motifs is 4. The maximum atomic E-state index is 12.8. The van der Waals surface area contributed by atoms with E-state index in [9.17, 15) is 14.4 Å². The van der Waals surface area contributed by atoms with E-state index in [1.54, 1.807) is 17.7 Å². The van der Waals surface area contributed by atoms with Crippen molar-refractivity contribution in [1.82, 2.24) is 9.47 Å². The zero-order chi connectivity index (χ0) is 19.4. The number of amides is 2. The normalized spacial score (nSPS) is 20.9. The van der Waals surface area contributed by atoms with Gasteiger partial charge in [0.1, 0.15) is 5.69 Å². The lowest BCUT2D eigenvalue weighted by molar-refractivity contribution is -0.134. The van der Waals surface area contributed by atoms with Gasteiger partial charge in [-0.3, -0.25) is 14.4 Å². The Hall–Kier alpha value is -2.19. The molecule has 3 heterocycles. The van der Waals surface area contributed by atoms with Crippen molar-refractivity contribution in [3.05, 3.63) is 28.2 Å². The second-order valence-electron chi connectivity index (χ2n) is 7.22. The molecule has 148 valence electrons. The molecule has 27 heavy (non-hydrogen) atoms. The number of piperidine rings is 1. The van der Waals surface area contributed by atoms with Crippen molar-refractivity contribution in [2.75, 3.05) is 45.8 Å². The lowest BCUT2D eigenvalue weighted by atomic mass is 9.83. The smallest absolute Gasteiger partial charge is 0.274 e. The molecule has 0 aromatic carbocycles. The summed E-state index contributed by atoms with van der Waals surface area (Å²) in [5, 5.41) is 2.68. The predicted octanol–water partition coefficient (Wildman–Crippen LogP) is 0.805. The van der Waals surface area contributed by atoms with Crippen LogP contribution in [-0.2, 0) is 25.6 Å². The van der Waals surface area contributed by atoms with E-state index in [1.807, 2.05) is 11.0 Å². The Balaban J connectivity index is 1.75. The molecule has 2 atom stereocenters. The average molecular weight is 377 g/mol. The third-order valence-corrected chi connectivity index (χ3v) is 5.28. The van der Waals surface area contributed by atoms with Gasteiger partial charge in [0.2, 0.25) is 11.8 Å². The van der Waals surface area contributed by atoms with Crippen LogP contribution in [0.15, 0.2) is 16.9 Å². The molecular weight excluding hydrogens is 350 g/mol. The van der Waals surface area contributed by atoms with Gasteiger partial charge in [0, 0.05) is 45.5 Å². The molecule has 2 aliphatic heterocycles. The number of anilines is 1. The summed E-state index contributed by atoms with van der Waals surface area (Å²) in [6.45, 7) is 2.59. The Morgan fingerprint density at radius 2 is 1.85 bits per heavy atom. The Labute approximate surface area is 158 Å². The maximum absolute atomic E-state index is 12.8. The molecule has 3 rings (SSSR count). The summed E-state index contributed by atoms with van der Waals surface area (Å²) in [6.07, 6.45) is 1.57. The van der Waals surface area contributed by atoms with Crippen molar-refractivity contribution in [2.24, 2.45) is 5.92 Å². The maximum Gasteiger partial charge on any atom is 0.274 e. The number of carbonyl (C=O) groups excluding carboxylic acids is 2. The molecule has 8 heteroatoms. The number of hydrogen-bond acceptors (Lipinski definition) is 5. The molecule has 0 unspecified atom stereocenters. The molecule has 0 radical (unpaired) electrons. The molecule has 8 nitrogen and oxygen atoms in total. The second-order valence-corrected chi connectivity index (χ2v) is 7.22. The van der Waals surface area contributed by atoms with E-state index in [0.29, 0.717) is 45.0 Å². The van der Waals surface area contributed by atoms with Crippen LogP contribution in [0.1, 0.15) is 30.9 Å². The van der Waals surface area contributed by atoms with Crippen LogP contribution in [0.4, 0.5) is 5.69 Å². The molecule has 1 saturated heterocycles. The van der Waals surface area contributed by atoms with E-state index in [0.717, 1.165) is 12.1 Å². The van der Waals surface area contributed by atoms with Gasteiger partial charge in [-0.2, -0.15) is 0 Å². The summed E-state index contributed by atoms with van der Waals surface area (Å²) in [6, 6.07) is 3.57. The van der Waals surface area contributed by atoms with Crippen LogP contribution >= 0.6 is 0 Å². The van der Waals surface area contributed by atoms with E-state index in [1.165, 1.54) is 7.11 Å². The van der Waals surface area contributed by atoms with Crippen LogP contribution in [0.25, 0.3) is 0 Å². The Morgan fingerprint density at radius 3 is 2.59 bits per heavy atom. The standard InChI is InChI=1S/C19H27N3O5/c1-26-7-5-17(23)20-15-3-4-16-14-9-13(11-22(16)19(15)25)10-21(12-14)18(24)6-8-27-2/h3-4,13-14H,5-12H2,1-2H3,(H,20,23)/t13-,14+/m1/s1. The fourth-order valence-electron chi connectivity index (χ4n) is 4.00. The van der Waals surface area contributed by atoms with Crippen LogP contribution in [0.3, 0.4) is 0 Å². The molecular formula is C19H27N3O5. The number of aromatic nitrogens is 1. The van der Waals surface area contributed by atoms with Gasteiger partial charge in [0.05, 0.1) is 26.1 Å². The van der Waals surface area contributed by atoms with Crippen molar-refractivity contribution in [1.29, 1.82) is 0 Å². The van der Waals surface area contributed by atoms with Gasteiger partial charge in [0.15, 0.2) is 0 Å². The molecule has 2 amide bonds. The number of likely N-dealkylation sites (tertiary alicyclic amines) is 1. The summed E-state index contributed by atoms with van der Waals surface area (Å²) in [5.41, 5.74) is 1.07. The summed E-state index contributed by atoms with van der Waals surface area (Å²) in [7, 11) is 3.12. The highest BCUT2D eigenvalue weighted by atomic mass is 16.5. The first-order valence-electron chi connectivity index (χ1n) is 9.32. The molecule has 1 N–H and O–H groups in total. The summed E-state index contributed by atoms with van der Waals surface area (Å²) in [5.74, 6) is 0.264. The average Bonchev–Trinajstić information content (AvgIpc) is 2.66. The molecule has 1 aromatic heterocycles. The Bertz CT molecular complexity index is 760. The lowest BCUT2D eigenvalue weighted by Gasteiger charge is -2.43. The van der Waals surface area contributed by atoms with Crippen LogP contribution < -0.4 is 10.9 Å². The van der Waals surface area contributed by atoms with Crippen molar-refractivity contribution in [3.8, 4) is 0 Å². The highest BCUT2D eigenvalue weighted by molar-refractivity contribution is 5.90. The minimum atomic E-state index is -0.236. The molecule has 2 aliphatic rings. The van der Waals surface area contributed by atoms with Crippen molar-refractivity contribution in [3.63, 3.8) is 0 Å². The van der Waals surface area contributed by atoms with Crippen molar-refractivity contribution in [2.45, 2.75) is 31.7 Å². The molecule has 0 spiro atoms. The van der Waals surface area contributed by atoms with E-state index in [2.05, 4.69) is 5.32 Å². The van der Waals surface area contributed by atoms with Gasteiger partial charge >= 0.3 is 0 Å². The summed E-state index contributed by atoms with van der Waals surface area (Å²) >= 11 is 0. The third-order valence-electron chi connectivity index (χ3n) is 5.28. The number of nitrogens with one attached hydrogen (secondary N) is 1. The first-order valence-corrected chi connectivity index (χ1v) is 9.32. The lowest BCUT2D eigenvalue weighted by Crippen LogP contribution is -2.49. The number of pyridine rings is 1. The minimum absolute atomic E-state index is 0.101. The summed E-state index contributed by atoms with van der Waals surface area (Å²) < 4.78 is 11.7. The molecule has 1 aromatic rings. The van der Waals surface area contributed by atoms with Gasteiger partial charge in [-0.25, -0.2) is 0 Å². The highest BCUT2D eigenvalue weighted by Crippen LogP contribution is 2.35. The SMILES string of the molecule is COCCC(=O)Nc1ccc2n(c1=O)C[C@@H]1C[C@H]2CN(C(=O)CCOC)C1. The van der Waals surface area contributed by atoms with E-state index in [4.69, 9.17) is 9.47 Å². The predicted molar refractivity (Wildman–Crippen MR) is 99.7 cm³/mol. The minimum Gasteiger partial charge on any atom is -0.384 e. The second kappa shape index (κ2) is 8.67. The van der Waals surface area contributed by atoms with Crippen LogP contribution in [0.5, 0.6) is 0 Å². The van der Waals surface area contributed by atoms with Crippen molar-refractivity contribution < 1.29 is 19.1 Å².